The standard InChI is InChI=1S/C24H32N2O/c1-24(27-20-21-10-4-2-5-11-21)15-8-9-16-26(24)19-22-14-17-25(18-22)23-12-6-3-7-13-23/h2-7,10-13,22H,8-9,14-20H2,1H3. The summed E-state index contributed by atoms with van der Waals surface area (Å²) in [6.45, 7) is 7.65. The number of hydrogen-bond acceptors (Lipinski definition) is 3. The number of piperidine rings is 1. The second-order valence-electron chi connectivity index (χ2n) is 8.29. The fourth-order valence-electron chi connectivity index (χ4n) is 4.58. The van der Waals surface area contributed by atoms with Crippen molar-refractivity contribution in [2.75, 3.05) is 31.1 Å². The van der Waals surface area contributed by atoms with Crippen LogP contribution in [0.25, 0.3) is 0 Å². The van der Waals surface area contributed by atoms with Crippen molar-refractivity contribution in [3.05, 3.63) is 66.2 Å². The van der Waals surface area contributed by atoms with Gasteiger partial charge in [0.1, 0.15) is 5.72 Å². The van der Waals surface area contributed by atoms with E-state index >= 15 is 0 Å². The number of hydrogen-bond donors (Lipinski definition) is 0. The van der Waals surface area contributed by atoms with Gasteiger partial charge in [0, 0.05) is 31.9 Å². The van der Waals surface area contributed by atoms with Crippen LogP contribution in [0.15, 0.2) is 60.7 Å². The second-order valence-corrected chi connectivity index (χ2v) is 8.29. The molecule has 0 amide bonds. The normalized spacial score (nSPS) is 26.4. The average Bonchev–Trinajstić information content (AvgIpc) is 3.19. The van der Waals surface area contributed by atoms with Crippen LogP contribution in [0.1, 0.15) is 38.2 Å². The minimum atomic E-state index is -0.131. The van der Waals surface area contributed by atoms with E-state index in [4.69, 9.17) is 4.74 Å². The number of likely N-dealkylation sites (tertiary alicyclic amines) is 1. The second kappa shape index (κ2) is 8.45. The van der Waals surface area contributed by atoms with Gasteiger partial charge in [-0.3, -0.25) is 4.90 Å². The van der Waals surface area contributed by atoms with E-state index < -0.39 is 0 Å². The van der Waals surface area contributed by atoms with Gasteiger partial charge in [-0.15, -0.1) is 0 Å². The molecule has 0 radical (unpaired) electrons. The highest BCUT2D eigenvalue weighted by atomic mass is 16.5. The first-order chi connectivity index (χ1) is 13.2. The Kier molecular flexibility index (Phi) is 5.80. The maximum absolute atomic E-state index is 6.50. The van der Waals surface area contributed by atoms with Gasteiger partial charge < -0.3 is 9.64 Å². The van der Waals surface area contributed by atoms with Crippen molar-refractivity contribution in [3.8, 4) is 0 Å². The summed E-state index contributed by atoms with van der Waals surface area (Å²) in [5.74, 6) is 0.725. The summed E-state index contributed by atoms with van der Waals surface area (Å²) in [6.07, 6.45) is 4.97. The molecule has 0 saturated carbocycles. The first-order valence-electron chi connectivity index (χ1n) is 10.5. The van der Waals surface area contributed by atoms with Gasteiger partial charge in [0.15, 0.2) is 0 Å². The zero-order valence-corrected chi connectivity index (χ0v) is 16.5. The summed E-state index contributed by atoms with van der Waals surface area (Å²) in [7, 11) is 0. The molecular weight excluding hydrogens is 332 g/mol. The van der Waals surface area contributed by atoms with E-state index in [2.05, 4.69) is 77.4 Å². The summed E-state index contributed by atoms with van der Waals surface area (Å²) in [5, 5.41) is 0. The molecule has 3 nitrogen and oxygen atoms in total. The molecule has 2 aromatic carbocycles. The van der Waals surface area contributed by atoms with E-state index in [-0.39, 0.29) is 5.72 Å². The lowest BCUT2D eigenvalue weighted by atomic mass is 9.97. The van der Waals surface area contributed by atoms with Crippen molar-refractivity contribution in [3.63, 3.8) is 0 Å². The number of anilines is 1. The Bertz CT molecular complexity index is 705. The van der Waals surface area contributed by atoms with Gasteiger partial charge in [-0.05, 0) is 56.2 Å². The molecule has 2 saturated heterocycles. The molecule has 27 heavy (non-hydrogen) atoms. The van der Waals surface area contributed by atoms with Crippen molar-refractivity contribution in [1.29, 1.82) is 0 Å². The molecule has 0 aliphatic carbocycles. The predicted octanol–water partition coefficient (Wildman–Crippen LogP) is 4.93. The van der Waals surface area contributed by atoms with Crippen LogP contribution in [0.4, 0.5) is 5.69 Å². The molecule has 0 N–H and O–H groups in total. The van der Waals surface area contributed by atoms with E-state index in [1.54, 1.807) is 0 Å². The summed E-state index contributed by atoms with van der Waals surface area (Å²) in [4.78, 5) is 5.16. The molecule has 2 unspecified atom stereocenters. The van der Waals surface area contributed by atoms with E-state index in [1.165, 1.54) is 37.1 Å². The van der Waals surface area contributed by atoms with E-state index in [0.29, 0.717) is 6.61 Å². The van der Waals surface area contributed by atoms with Gasteiger partial charge >= 0.3 is 0 Å². The van der Waals surface area contributed by atoms with Gasteiger partial charge in [-0.2, -0.15) is 0 Å². The first kappa shape index (κ1) is 18.5. The smallest absolute Gasteiger partial charge is 0.119 e. The first-order valence-corrected chi connectivity index (χ1v) is 10.5. The van der Waals surface area contributed by atoms with Crippen LogP contribution in [-0.4, -0.2) is 36.8 Å². The summed E-state index contributed by atoms with van der Waals surface area (Å²) < 4.78 is 6.50. The minimum Gasteiger partial charge on any atom is -0.371 e. The highest BCUT2D eigenvalue weighted by molar-refractivity contribution is 5.46. The number of ether oxygens (including phenoxy) is 1. The van der Waals surface area contributed by atoms with Crippen LogP contribution < -0.4 is 4.90 Å². The highest BCUT2D eigenvalue weighted by Gasteiger charge is 2.37. The molecule has 2 aliphatic heterocycles. The van der Waals surface area contributed by atoms with Gasteiger partial charge in [0.05, 0.1) is 6.61 Å². The third-order valence-corrected chi connectivity index (χ3v) is 6.27. The number of rotatable bonds is 6. The Hall–Kier alpha value is -1.84. The van der Waals surface area contributed by atoms with Crippen LogP contribution >= 0.6 is 0 Å². The molecule has 0 aromatic heterocycles. The molecule has 2 aromatic rings. The van der Waals surface area contributed by atoms with Crippen molar-refractivity contribution >= 4 is 5.69 Å². The quantitative estimate of drug-likeness (QED) is 0.723. The van der Waals surface area contributed by atoms with Crippen molar-refractivity contribution < 1.29 is 4.74 Å². The van der Waals surface area contributed by atoms with Crippen LogP contribution in [0.2, 0.25) is 0 Å². The molecule has 0 spiro atoms. The summed E-state index contributed by atoms with van der Waals surface area (Å²) in [5.41, 5.74) is 2.50. The van der Waals surface area contributed by atoms with Crippen LogP contribution in [0.5, 0.6) is 0 Å². The number of para-hydroxylation sites is 1. The lowest BCUT2D eigenvalue weighted by Crippen LogP contribution is -2.53. The zero-order chi connectivity index (χ0) is 18.5. The van der Waals surface area contributed by atoms with E-state index in [0.717, 1.165) is 32.0 Å². The molecule has 2 atom stereocenters. The van der Waals surface area contributed by atoms with Gasteiger partial charge in [-0.1, -0.05) is 48.5 Å². The Labute approximate surface area is 163 Å². The Morgan fingerprint density at radius 1 is 0.963 bits per heavy atom. The summed E-state index contributed by atoms with van der Waals surface area (Å²) >= 11 is 0. The molecule has 2 fully saturated rings. The monoisotopic (exact) mass is 364 g/mol. The van der Waals surface area contributed by atoms with Gasteiger partial charge in [0.25, 0.3) is 0 Å². The molecule has 2 heterocycles. The van der Waals surface area contributed by atoms with E-state index in [9.17, 15) is 0 Å². The molecule has 144 valence electrons. The van der Waals surface area contributed by atoms with E-state index in [1.807, 2.05) is 0 Å². The average molecular weight is 365 g/mol. The lowest BCUT2D eigenvalue weighted by Gasteiger charge is -2.45. The van der Waals surface area contributed by atoms with Crippen molar-refractivity contribution in [1.82, 2.24) is 4.90 Å². The maximum Gasteiger partial charge on any atom is 0.119 e. The molecule has 3 heteroatoms. The third-order valence-electron chi connectivity index (χ3n) is 6.27. The van der Waals surface area contributed by atoms with Crippen LogP contribution in [0.3, 0.4) is 0 Å². The largest absolute Gasteiger partial charge is 0.371 e. The fraction of sp³-hybridized carbons (Fsp3) is 0.500. The molecule has 0 bridgehead atoms. The van der Waals surface area contributed by atoms with Crippen LogP contribution in [0, 0.1) is 5.92 Å². The SMILES string of the molecule is CC1(OCc2ccccc2)CCCCN1CC1CCN(c2ccccc2)C1. The topological polar surface area (TPSA) is 15.7 Å². The summed E-state index contributed by atoms with van der Waals surface area (Å²) in [6, 6.07) is 21.4. The van der Waals surface area contributed by atoms with Gasteiger partial charge in [0.2, 0.25) is 0 Å². The lowest BCUT2D eigenvalue weighted by molar-refractivity contribution is -0.174. The molecular formula is C24H32N2O. The number of benzene rings is 2. The fourth-order valence-corrected chi connectivity index (χ4v) is 4.58. The highest BCUT2D eigenvalue weighted by Crippen LogP contribution is 2.33. The van der Waals surface area contributed by atoms with Crippen LogP contribution in [-0.2, 0) is 11.3 Å². The van der Waals surface area contributed by atoms with Crippen molar-refractivity contribution in [2.45, 2.75) is 44.9 Å². The number of nitrogens with zero attached hydrogens (tertiary/aromatic N) is 2. The zero-order valence-electron chi connectivity index (χ0n) is 16.5. The Morgan fingerprint density at radius 2 is 1.70 bits per heavy atom. The Morgan fingerprint density at radius 3 is 2.48 bits per heavy atom. The Balaban J connectivity index is 1.36. The minimum absolute atomic E-state index is 0.131. The molecule has 2 aliphatic rings. The third kappa shape index (κ3) is 4.53. The van der Waals surface area contributed by atoms with Crippen molar-refractivity contribution in [2.24, 2.45) is 5.92 Å². The predicted molar refractivity (Wildman–Crippen MR) is 112 cm³/mol. The van der Waals surface area contributed by atoms with Gasteiger partial charge in [-0.25, -0.2) is 0 Å². The maximum atomic E-state index is 6.50. The molecule has 4 rings (SSSR count).